The average Bonchev–Trinajstić information content (AvgIpc) is 3.34. The van der Waals surface area contributed by atoms with Crippen molar-refractivity contribution in [2.24, 2.45) is 0 Å². The van der Waals surface area contributed by atoms with E-state index in [2.05, 4.69) is 20.3 Å². The maximum absolute atomic E-state index is 14.5. The van der Waals surface area contributed by atoms with Crippen LogP contribution in [0.2, 0.25) is 5.02 Å². The normalized spacial score (nSPS) is 16.7. The maximum atomic E-state index is 14.5. The summed E-state index contributed by atoms with van der Waals surface area (Å²) in [7, 11) is -4.11. The number of hydrogen-bond acceptors (Lipinski definition) is 6. The molecule has 3 N–H and O–H groups in total. The zero-order valence-corrected chi connectivity index (χ0v) is 19.4. The Balaban J connectivity index is 1.47. The molecule has 1 aromatic heterocycles. The summed E-state index contributed by atoms with van der Waals surface area (Å²) in [4.78, 5) is 4.30. The molecule has 1 saturated heterocycles. The molecular formula is C20H28ClFN4O2S2. The molecule has 0 aliphatic carbocycles. The van der Waals surface area contributed by atoms with Gasteiger partial charge in [0.1, 0.15) is 10.7 Å². The van der Waals surface area contributed by atoms with Crippen LogP contribution in [-0.4, -0.2) is 32.5 Å². The van der Waals surface area contributed by atoms with Crippen molar-refractivity contribution in [2.75, 3.05) is 23.1 Å². The number of unbranched alkanes of at least 4 members (excludes halogenated alkanes) is 3. The van der Waals surface area contributed by atoms with Crippen molar-refractivity contribution < 1.29 is 12.8 Å². The van der Waals surface area contributed by atoms with E-state index in [0.29, 0.717) is 18.3 Å². The van der Waals surface area contributed by atoms with E-state index in [9.17, 15) is 12.8 Å². The lowest BCUT2D eigenvalue weighted by Gasteiger charge is -2.12. The van der Waals surface area contributed by atoms with Crippen LogP contribution < -0.4 is 15.4 Å². The van der Waals surface area contributed by atoms with Gasteiger partial charge in [-0.25, -0.2) is 17.8 Å². The first-order valence-corrected chi connectivity index (χ1v) is 12.9. The SMILES string of the molecule is Cc1cnc(NS(=O)(=O)c2cc(Cl)c(NCCCCCC[C@@H]3CCCN3)cc2F)s1. The molecular weight excluding hydrogens is 447 g/mol. The van der Waals surface area contributed by atoms with Crippen LogP contribution >= 0.6 is 22.9 Å². The number of benzene rings is 1. The van der Waals surface area contributed by atoms with Gasteiger partial charge in [-0.2, -0.15) is 0 Å². The molecule has 166 valence electrons. The Morgan fingerprint density at radius 3 is 2.80 bits per heavy atom. The molecule has 1 aromatic carbocycles. The highest BCUT2D eigenvalue weighted by Gasteiger charge is 2.22. The maximum Gasteiger partial charge on any atom is 0.266 e. The van der Waals surface area contributed by atoms with Gasteiger partial charge in [-0.1, -0.05) is 30.9 Å². The van der Waals surface area contributed by atoms with Crippen LogP contribution in [0.15, 0.2) is 23.2 Å². The van der Waals surface area contributed by atoms with Gasteiger partial charge < -0.3 is 10.6 Å². The van der Waals surface area contributed by atoms with Crippen molar-refractivity contribution in [1.82, 2.24) is 10.3 Å². The Morgan fingerprint density at radius 1 is 1.30 bits per heavy atom. The Labute approximate surface area is 186 Å². The number of hydrogen-bond donors (Lipinski definition) is 3. The van der Waals surface area contributed by atoms with Crippen molar-refractivity contribution in [3.8, 4) is 0 Å². The molecule has 1 aliphatic heterocycles. The highest BCUT2D eigenvalue weighted by Crippen LogP contribution is 2.30. The van der Waals surface area contributed by atoms with Crippen molar-refractivity contribution in [1.29, 1.82) is 0 Å². The number of halogens is 2. The highest BCUT2D eigenvalue weighted by molar-refractivity contribution is 7.93. The third kappa shape index (κ3) is 6.54. The molecule has 0 amide bonds. The first-order valence-electron chi connectivity index (χ1n) is 10.3. The summed E-state index contributed by atoms with van der Waals surface area (Å²) in [5.74, 6) is -0.855. The summed E-state index contributed by atoms with van der Waals surface area (Å²) in [5.41, 5.74) is 0.397. The van der Waals surface area contributed by atoms with Gasteiger partial charge >= 0.3 is 0 Å². The van der Waals surface area contributed by atoms with E-state index in [4.69, 9.17) is 11.6 Å². The van der Waals surface area contributed by atoms with Gasteiger partial charge in [-0.05, 0) is 51.3 Å². The zero-order chi connectivity index (χ0) is 21.6. The van der Waals surface area contributed by atoms with Crippen LogP contribution in [-0.2, 0) is 10.0 Å². The Kier molecular flexibility index (Phi) is 8.33. The predicted molar refractivity (Wildman–Crippen MR) is 122 cm³/mol. The molecule has 1 aliphatic rings. The van der Waals surface area contributed by atoms with Crippen molar-refractivity contribution in [3.63, 3.8) is 0 Å². The summed E-state index contributed by atoms with van der Waals surface area (Å²) < 4.78 is 41.8. The standard InChI is InChI=1S/C20H28ClFN4O2S2/c1-14-13-25-20(29-14)26-30(27,28)19-11-16(21)18(12-17(19)22)24-9-5-3-2-4-7-15-8-6-10-23-15/h11-13,15,23-24H,2-10H2,1H3,(H,25,26)/t15-/m1/s1. The van der Waals surface area contributed by atoms with Gasteiger partial charge in [0.05, 0.1) is 10.7 Å². The number of anilines is 2. The highest BCUT2D eigenvalue weighted by atomic mass is 35.5. The van der Waals surface area contributed by atoms with Crippen LogP contribution in [0.3, 0.4) is 0 Å². The second-order valence-corrected chi connectivity index (χ2v) is 10.9. The molecule has 3 rings (SSSR count). The average molecular weight is 475 g/mol. The molecule has 30 heavy (non-hydrogen) atoms. The number of aryl methyl sites for hydroxylation is 1. The molecule has 0 radical (unpaired) electrons. The lowest BCUT2D eigenvalue weighted by molar-refractivity contribution is 0.511. The van der Waals surface area contributed by atoms with E-state index in [1.165, 1.54) is 43.4 Å². The molecule has 1 atom stereocenters. The van der Waals surface area contributed by atoms with E-state index in [0.717, 1.165) is 36.4 Å². The van der Waals surface area contributed by atoms with E-state index >= 15 is 0 Å². The van der Waals surface area contributed by atoms with Gasteiger partial charge in [0, 0.05) is 23.7 Å². The third-order valence-electron chi connectivity index (χ3n) is 5.11. The van der Waals surface area contributed by atoms with E-state index in [1.807, 2.05) is 0 Å². The van der Waals surface area contributed by atoms with Gasteiger partial charge in [0.2, 0.25) is 0 Å². The molecule has 0 saturated carbocycles. The van der Waals surface area contributed by atoms with Crippen LogP contribution in [0.25, 0.3) is 0 Å². The first kappa shape index (κ1) is 23.2. The molecule has 2 heterocycles. The Morgan fingerprint density at radius 2 is 2.10 bits per heavy atom. The molecule has 2 aromatic rings. The molecule has 0 bridgehead atoms. The molecule has 10 heteroatoms. The summed E-state index contributed by atoms with van der Waals surface area (Å²) in [6.45, 7) is 3.61. The molecule has 0 unspecified atom stereocenters. The minimum absolute atomic E-state index is 0.166. The fraction of sp³-hybridized carbons (Fsp3) is 0.550. The minimum atomic E-state index is -4.11. The second-order valence-electron chi connectivity index (χ2n) is 7.57. The lowest BCUT2D eigenvalue weighted by atomic mass is 10.1. The first-order chi connectivity index (χ1) is 14.3. The summed E-state index contributed by atoms with van der Waals surface area (Å²) in [6.07, 6.45) is 9.76. The van der Waals surface area contributed by atoms with E-state index in [-0.39, 0.29) is 10.2 Å². The number of nitrogens with zero attached hydrogens (tertiary/aromatic N) is 1. The van der Waals surface area contributed by atoms with Gasteiger partial charge in [-0.15, -0.1) is 11.3 Å². The topological polar surface area (TPSA) is 83.1 Å². The van der Waals surface area contributed by atoms with Crippen LogP contribution in [0.5, 0.6) is 0 Å². The van der Waals surface area contributed by atoms with Crippen molar-refractivity contribution in [3.05, 3.63) is 34.0 Å². The van der Waals surface area contributed by atoms with Gasteiger partial charge in [0.15, 0.2) is 5.13 Å². The summed E-state index contributed by atoms with van der Waals surface area (Å²) in [6, 6.07) is 2.96. The summed E-state index contributed by atoms with van der Waals surface area (Å²) >= 11 is 7.38. The fourth-order valence-corrected chi connectivity index (χ4v) is 5.83. The van der Waals surface area contributed by atoms with Crippen molar-refractivity contribution >= 4 is 43.8 Å². The monoisotopic (exact) mass is 474 g/mol. The second kappa shape index (κ2) is 10.7. The Bertz CT molecular complexity index is 946. The smallest absolute Gasteiger partial charge is 0.266 e. The minimum Gasteiger partial charge on any atom is -0.384 e. The number of aromatic nitrogens is 1. The largest absolute Gasteiger partial charge is 0.384 e. The van der Waals surface area contributed by atoms with Gasteiger partial charge in [0.25, 0.3) is 10.0 Å². The molecule has 6 nitrogen and oxygen atoms in total. The van der Waals surface area contributed by atoms with Crippen LogP contribution in [0, 0.1) is 12.7 Å². The predicted octanol–water partition coefficient (Wildman–Crippen LogP) is 5.16. The van der Waals surface area contributed by atoms with E-state index < -0.39 is 20.7 Å². The van der Waals surface area contributed by atoms with E-state index in [1.54, 1.807) is 13.1 Å². The number of thiazole rings is 1. The third-order valence-corrected chi connectivity index (χ3v) is 7.74. The molecule has 1 fully saturated rings. The number of rotatable bonds is 11. The lowest BCUT2D eigenvalue weighted by Crippen LogP contribution is -2.20. The van der Waals surface area contributed by atoms with Gasteiger partial charge in [-0.3, -0.25) is 4.72 Å². The zero-order valence-electron chi connectivity index (χ0n) is 17.0. The quantitative estimate of drug-likeness (QED) is 0.392. The fourth-order valence-electron chi connectivity index (χ4n) is 3.54. The number of nitrogens with one attached hydrogen (secondary N) is 3. The number of sulfonamides is 1. The Hall–Kier alpha value is -1.42. The molecule has 0 spiro atoms. The summed E-state index contributed by atoms with van der Waals surface area (Å²) in [5, 5.41) is 6.97. The van der Waals surface area contributed by atoms with Crippen LogP contribution in [0.4, 0.5) is 15.2 Å². The van der Waals surface area contributed by atoms with Crippen LogP contribution in [0.1, 0.15) is 49.8 Å². The van der Waals surface area contributed by atoms with Crippen molar-refractivity contribution in [2.45, 2.75) is 62.8 Å².